The monoisotopic (exact) mass is 365 g/mol. The first-order valence-electron chi connectivity index (χ1n) is 8.28. The lowest BCUT2D eigenvalue weighted by atomic mass is 9.96. The smallest absolute Gasteiger partial charge is 0.341 e. The second-order valence-electron chi connectivity index (χ2n) is 7.69. The Morgan fingerprint density at radius 1 is 1.35 bits per heavy atom. The molecule has 1 aromatic heterocycles. The van der Waals surface area contributed by atoms with Crippen LogP contribution in [0.1, 0.15) is 38.1 Å². The Kier molecular flexibility index (Phi) is 4.06. The number of aromatic carboxylic acids is 1. The maximum atomic E-state index is 15.4. The Morgan fingerprint density at radius 2 is 1.96 bits per heavy atom. The van der Waals surface area contributed by atoms with Crippen molar-refractivity contribution in [2.45, 2.75) is 45.3 Å². The minimum Gasteiger partial charge on any atom is -0.477 e. The number of carboxylic acids is 1. The quantitative estimate of drug-likeness (QED) is 0.852. The number of hydrogen-bond donors (Lipinski definition) is 2. The zero-order chi connectivity index (χ0) is 19.5. The van der Waals surface area contributed by atoms with Crippen LogP contribution >= 0.6 is 0 Å². The summed E-state index contributed by atoms with van der Waals surface area (Å²) in [5.41, 5.74) is 3.30. The van der Waals surface area contributed by atoms with Gasteiger partial charge in [-0.25, -0.2) is 13.6 Å². The molecule has 2 heterocycles. The molecule has 3 rings (SSSR count). The van der Waals surface area contributed by atoms with Crippen LogP contribution in [0.15, 0.2) is 17.1 Å². The maximum Gasteiger partial charge on any atom is 0.341 e. The van der Waals surface area contributed by atoms with Crippen molar-refractivity contribution in [1.82, 2.24) is 4.57 Å². The van der Waals surface area contributed by atoms with Crippen LogP contribution in [0, 0.1) is 11.6 Å². The summed E-state index contributed by atoms with van der Waals surface area (Å²) >= 11 is 0. The van der Waals surface area contributed by atoms with Crippen LogP contribution in [0.2, 0.25) is 0 Å². The Hall–Kier alpha value is -2.48. The molecule has 26 heavy (non-hydrogen) atoms. The van der Waals surface area contributed by atoms with Crippen molar-refractivity contribution in [3.05, 3.63) is 39.7 Å². The van der Waals surface area contributed by atoms with E-state index in [0.717, 1.165) is 12.3 Å². The van der Waals surface area contributed by atoms with E-state index in [2.05, 4.69) is 0 Å². The molecular weight excluding hydrogens is 344 g/mol. The van der Waals surface area contributed by atoms with E-state index in [0.29, 0.717) is 6.54 Å². The van der Waals surface area contributed by atoms with Gasteiger partial charge in [0.15, 0.2) is 5.82 Å². The Morgan fingerprint density at radius 3 is 2.42 bits per heavy atom. The molecule has 0 unspecified atom stereocenters. The molecule has 2 atom stereocenters. The van der Waals surface area contributed by atoms with E-state index in [1.54, 1.807) is 27.7 Å². The van der Waals surface area contributed by atoms with Crippen molar-refractivity contribution in [2.75, 3.05) is 11.4 Å². The van der Waals surface area contributed by atoms with E-state index < -0.39 is 34.1 Å². The van der Waals surface area contributed by atoms with Gasteiger partial charge in [-0.2, -0.15) is 0 Å². The zero-order valence-corrected chi connectivity index (χ0v) is 15.0. The standard InChI is InChI=1S/C18H21F2N3O3/c1-8-12(21)7-22(8)15-11(19)5-9-14(13(15)20)23(18(2,3)4)6-10(16(9)24)17(25)26/h5-6,8,12H,7,21H2,1-4H3,(H,25,26)/t8-,12+/m1/s1. The molecule has 1 saturated heterocycles. The van der Waals surface area contributed by atoms with Crippen LogP contribution in [-0.2, 0) is 5.54 Å². The van der Waals surface area contributed by atoms with Crippen molar-refractivity contribution in [2.24, 2.45) is 5.73 Å². The zero-order valence-electron chi connectivity index (χ0n) is 15.0. The summed E-state index contributed by atoms with van der Waals surface area (Å²) < 4.78 is 31.4. The molecule has 8 heteroatoms. The topological polar surface area (TPSA) is 88.6 Å². The maximum absolute atomic E-state index is 15.4. The summed E-state index contributed by atoms with van der Waals surface area (Å²) in [5.74, 6) is -3.24. The van der Waals surface area contributed by atoms with Gasteiger partial charge in [0, 0.05) is 30.4 Å². The van der Waals surface area contributed by atoms with Gasteiger partial charge in [-0.05, 0) is 33.8 Å². The average molecular weight is 365 g/mol. The van der Waals surface area contributed by atoms with Gasteiger partial charge < -0.3 is 20.3 Å². The first-order chi connectivity index (χ1) is 11.9. The van der Waals surface area contributed by atoms with E-state index in [9.17, 15) is 19.1 Å². The normalized spacial score (nSPS) is 20.3. The molecule has 1 aromatic carbocycles. The molecule has 0 bridgehead atoms. The summed E-state index contributed by atoms with van der Waals surface area (Å²) in [5, 5.41) is 8.99. The number of carboxylic acid groups (broad SMARTS) is 1. The molecule has 6 nitrogen and oxygen atoms in total. The molecule has 2 aromatic rings. The minimum absolute atomic E-state index is 0.114. The van der Waals surface area contributed by atoms with Crippen LogP contribution < -0.4 is 16.1 Å². The Bertz CT molecular complexity index is 979. The molecule has 1 aliphatic heterocycles. The van der Waals surface area contributed by atoms with Gasteiger partial charge >= 0.3 is 5.97 Å². The van der Waals surface area contributed by atoms with Gasteiger partial charge in [0.2, 0.25) is 5.43 Å². The molecule has 0 amide bonds. The highest BCUT2D eigenvalue weighted by Crippen LogP contribution is 2.36. The Labute approximate surface area is 148 Å². The van der Waals surface area contributed by atoms with Gasteiger partial charge in [-0.1, -0.05) is 0 Å². The SMILES string of the molecule is C[C@@H]1[C@@H](N)CN1c1c(F)cc2c(=O)c(C(=O)O)cn(C(C)(C)C)c2c1F. The molecule has 3 N–H and O–H groups in total. The summed E-state index contributed by atoms with van der Waals surface area (Å²) in [6, 6.07) is 0.481. The lowest BCUT2D eigenvalue weighted by Crippen LogP contribution is -2.63. The molecule has 140 valence electrons. The molecular formula is C18H21F2N3O3. The summed E-state index contributed by atoms with van der Waals surface area (Å²) in [7, 11) is 0. The van der Waals surface area contributed by atoms with E-state index >= 15 is 4.39 Å². The fraction of sp³-hybridized carbons (Fsp3) is 0.444. The van der Waals surface area contributed by atoms with Gasteiger partial charge in [-0.15, -0.1) is 0 Å². The second kappa shape index (κ2) is 5.77. The number of rotatable bonds is 2. The molecule has 0 saturated carbocycles. The third kappa shape index (κ3) is 2.56. The van der Waals surface area contributed by atoms with Crippen LogP contribution in [0.25, 0.3) is 10.9 Å². The van der Waals surface area contributed by atoms with Crippen molar-refractivity contribution in [3.8, 4) is 0 Å². The van der Waals surface area contributed by atoms with E-state index in [1.165, 1.54) is 9.47 Å². The number of nitrogens with two attached hydrogens (primary N) is 1. The lowest BCUT2D eigenvalue weighted by Gasteiger charge is -2.46. The largest absolute Gasteiger partial charge is 0.477 e. The third-order valence-corrected chi connectivity index (χ3v) is 4.92. The first kappa shape index (κ1) is 18.3. The fourth-order valence-electron chi connectivity index (χ4n) is 3.28. The third-order valence-electron chi connectivity index (χ3n) is 4.92. The fourth-order valence-corrected chi connectivity index (χ4v) is 3.28. The average Bonchev–Trinajstić information content (AvgIpc) is 2.53. The number of nitrogens with zero attached hydrogens (tertiary/aromatic N) is 2. The van der Waals surface area contributed by atoms with Crippen LogP contribution in [-0.4, -0.2) is 34.3 Å². The highest BCUT2D eigenvalue weighted by Gasteiger charge is 2.37. The van der Waals surface area contributed by atoms with Gasteiger partial charge in [0.05, 0.1) is 10.9 Å². The highest BCUT2D eigenvalue weighted by atomic mass is 19.1. The number of halogens is 2. The molecule has 1 fully saturated rings. The number of anilines is 1. The van der Waals surface area contributed by atoms with Crippen molar-refractivity contribution in [1.29, 1.82) is 0 Å². The molecule has 0 spiro atoms. The van der Waals surface area contributed by atoms with E-state index in [1.807, 2.05) is 0 Å². The van der Waals surface area contributed by atoms with E-state index in [4.69, 9.17) is 5.73 Å². The number of aromatic nitrogens is 1. The van der Waals surface area contributed by atoms with Crippen LogP contribution in [0.3, 0.4) is 0 Å². The number of carbonyl (C=O) groups is 1. The van der Waals surface area contributed by atoms with Crippen LogP contribution in [0.5, 0.6) is 0 Å². The second-order valence-corrected chi connectivity index (χ2v) is 7.69. The molecule has 1 aliphatic rings. The molecule has 0 radical (unpaired) electrons. The lowest BCUT2D eigenvalue weighted by molar-refractivity contribution is 0.0694. The number of pyridine rings is 1. The van der Waals surface area contributed by atoms with Crippen LogP contribution in [0.4, 0.5) is 14.5 Å². The minimum atomic E-state index is -1.44. The van der Waals surface area contributed by atoms with Gasteiger partial charge in [0.25, 0.3) is 0 Å². The van der Waals surface area contributed by atoms with E-state index in [-0.39, 0.29) is 28.7 Å². The van der Waals surface area contributed by atoms with Gasteiger partial charge in [-0.3, -0.25) is 4.79 Å². The van der Waals surface area contributed by atoms with Gasteiger partial charge in [0.1, 0.15) is 17.1 Å². The predicted octanol–water partition coefficient (Wildman–Crippen LogP) is 2.27. The van der Waals surface area contributed by atoms with Crippen molar-refractivity contribution < 1.29 is 18.7 Å². The number of hydrogen-bond acceptors (Lipinski definition) is 4. The summed E-state index contributed by atoms with van der Waals surface area (Å²) in [4.78, 5) is 25.4. The highest BCUT2D eigenvalue weighted by molar-refractivity contribution is 5.94. The number of fused-ring (bicyclic) bond motifs is 1. The number of benzene rings is 1. The Balaban J connectivity index is 2.43. The predicted molar refractivity (Wildman–Crippen MR) is 94.9 cm³/mol. The van der Waals surface area contributed by atoms with Crippen molar-refractivity contribution >= 4 is 22.6 Å². The van der Waals surface area contributed by atoms with Crippen molar-refractivity contribution in [3.63, 3.8) is 0 Å². The first-order valence-corrected chi connectivity index (χ1v) is 8.28. The molecule has 0 aliphatic carbocycles. The summed E-state index contributed by atoms with van der Waals surface area (Å²) in [6.07, 6.45) is 1.11. The summed E-state index contributed by atoms with van der Waals surface area (Å²) in [6.45, 7) is 7.29.